The second-order valence-corrected chi connectivity index (χ2v) is 3.37. The summed E-state index contributed by atoms with van der Waals surface area (Å²) in [5.41, 5.74) is 0. The van der Waals surface area contributed by atoms with Crippen molar-refractivity contribution in [3.8, 4) is 0 Å². The third-order valence-electron chi connectivity index (χ3n) is 2.41. The number of rotatable bonds is 1. The molecule has 0 aromatic carbocycles. The third-order valence-corrected chi connectivity index (χ3v) is 2.41. The number of amides is 1. The largest absolute Gasteiger partial charge is 0.355 e. The summed E-state index contributed by atoms with van der Waals surface area (Å²) in [6.45, 7) is 2.86. The highest BCUT2D eigenvalue weighted by molar-refractivity contribution is 5.76. The van der Waals surface area contributed by atoms with Gasteiger partial charge in [0.1, 0.15) is 0 Å². The van der Waals surface area contributed by atoms with Gasteiger partial charge in [-0.3, -0.25) is 9.69 Å². The van der Waals surface area contributed by atoms with Crippen molar-refractivity contribution in [2.75, 3.05) is 19.6 Å². The molecule has 1 saturated carbocycles. The van der Waals surface area contributed by atoms with Crippen LogP contribution in [0.5, 0.6) is 0 Å². The van der Waals surface area contributed by atoms with Crippen LogP contribution < -0.4 is 5.32 Å². The van der Waals surface area contributed by atoms with E-state index in [4.69, 9.17) is 0 Å². The van der Waals surface area contributed by atoms with Gasteiger partial charge in [-0.1, -0.05) is 0 Å². The summed E-state index contributed by atoms with van der Waals surface area (Å²) >= 11 is 0. The maximum absolute atomic E-state index is 10.9. The molecule has 0 spiro atoms. The van der Waals surface area contributed by atoms with E-state index in [0.29, 0.717) is 6.42 Å². The van der Waals surface area contributed by atoms with Crippen molar-refractivity contribution in [2.24, 2.45) is 0 Å². The Hall–Kier alpha value is -0.570. The molecule has 0 aromatic heterocycles. The van der Waals surface area contributed by atoms with Crippen LogP contribution in [0.1, 0.15) is 19.3 Å². The molecule has 3 heteroatoms. The van der Waals surface area contributed by atoms with Crippen LogP contribution in [0.25, 0.3) is 0 Å². The van der Waals surface area contributed by atoms with E-state index in [-0.39, 0.29) is 5.91 Å². The lowest BCUT2D eigenvalue weighted by molar-refractivity contribution is -0.120. The normalized spacial score (nSPS) is 27.8. The van der Waals surface area contributed by atoms with E-state index in [1.165, 1.54) is 12.8 Å². The first-order chi connectivity index (χ1) is 5.36. The van der Waals surface area contributed by atoms with Crippen molar-refractivity contribution in [1.29, 1.82) is 0 Å². The maximum atomic E-state index is 10.9. The third kappa shape index (κ3) is 1.71. The smallest absolute Gasteiger partial charge is 0.221 e. The number of hydrogen-bond acceptors (Lipinski definition) is 2. The lowest BCUT2D eigenvalue weighted by Gasteiger charge is -2.17. The number of hydrogen-bond donors (Lipinski definition) is 1. The molecule has 2 rings (SSSR count). The summed E-state index contributed by atoms with van der Waals surface area (Å²) in [7, 11) is 0. The first-order valence-electron chi connectivity index (χ1n) is 4.37. The molecule has 3 nitrogen and oxygen atoms in total. The lowest BCUT2D eigenvalue weighted by atomic mass is 10.4. The fourth-order valence-corrected chi connectivity index (χ4v) is 1.59. The molecule has 0 unspecified atom stereocenters. The zero-order valence-electron chi connectivity index (χ0n) is 6.68. The Morgan fingerprint density at radius 2 is 2.18 bits per heavy atom. The number of nitrogens with zero attached hydrogens (tertiary/aromatic N) is 1. The van der Waals surface area contributed by atoms with Crippen LogP contribution in [0.15, 0.2) is 0 Å². The van der Waals surface area contributed by atoms with Crippen LogP contribution in [0.2, 0.25) is 0 Å². The summed E-state index contributed by atoms with van der Waals surface area (Å²) < 4.78 is 0. The van der Waals surface area contributed by atoms with Gasteiger partial charge in [0.25, 0.3) is 0 Å². The van der Waals surface area contributed by atoms with Crippen molar-refractivity contribution in [3.05, 3.63) is 0 Å². The predicted octanol–water partition coefficient (Wildman–Crippen LogP) is -0.0293. The van der Waals surface area contributed by atoms with Gasteiger partial charge in [0.2, 0.25) is 5.91 Å². The summed E-state index contributed by atoms with van der Waals surface area (Å²) in [5.74, 6) is 0.216. The van der Waals surface area contributed by atoms with E-state index >= 15 is 0 Å². The SMILES string of the molecule is O=C1CCN(C2CC2)CCN1. The van der Waals surface area contributed by atoms with Crippen LogP contribution in [-0.2, 0) is 4.79 Å². The van der Waals surface area contributed by atoms with E-state index in [2.05, 4.69) is 10.2 Å². The van der Waals surface area contributed by atoms with E-state index < -0.39 is 0 Å². The van der Waals surface area contributed by atoms with Gasteiger partial charge >= 0.3 is 0 Å². The molecule has 2 fully saturated rings. The van der Waals surface area contributed by atoms with E-state index in [9.17, 15) is 4.79 Å². The van der Waals surface area contributed by atoms with Gasteiger partial charge in [0, 0.05) is 32.1 Å². The van der Waals surface area contributed by atoms with Gasteiger partial charge < -0.3 is 5.32 Å². The molecule has 1 N–H and O–H groups in total. The standard InChI is InChI=1S/C8H14N2O/c11-8-3-5-10(6-4-9-8)7-1-2-7/h7H,1-6H2,(H,9,11). The highest BCUT2D eigenvalue weighted by Crippen LogP contribution is 2.26. The quantitative estimate of drug-likeness (QED) is 0.575. The van der Waals surface area contributed by atoms with E-state index in [1.54, 1.807) is 0 Å². The molecule has 0 atom stereocenters. The summed E-state index contributed by atoms with van der Waals surface area (Å²) in [6.07, 6.45) is 3.37. The van der Waals surface area contributed by atoms with Crippen LogP contribution in [-0.4, -0.2) is 36.5 Å². The van der Waals surface area contributed by atoms with E-state index in [0.717, 1.165) is 25.7 Å². The lowest BCUT2D eigenvalue weighted by Crippen LogP contribution is -2.30. The van der Waals surface area contributed by atoms with Gasteiger partial charge in [-0.2, -0.15) is 0 Å². The summed E-state index contributed by atoms with van der Waals surface area (Å²) in [4.78, 5) is 13.4. The van der Waals surface area contributed by atoms with E-state index in [1.807, 2.05) is 0 Å². The number of nitrogens with one attached hydrogen (secondary N) is 1. The molecule has 2 aliphatic rings. The average molecular weight is 154 g/mol. The Morgan fingerprint density at radius 3 is 2.91 bits per heavy atom. The fraction of sp³-hybridized carbons (Fsp3) is 0.875. The minimum Gasteiger partial charge on any atom is -0.355 e. The first-order valence-corrected chi connectivity index (χ1v) is 4.37. The summed E-state index contributed by atoms with van der Waals surface area (Å²) in [5, 5.41) is 2.88. The molecular weight excluding hydrogens is 140 g/mol. The Balaban J connectivity index is 1.87. The Labute approximate surface area is 66.8 Å². The van der Waals surface area contributed by atoms with Gasteiger partial charge in [-0.25, -0.2) is 0 Å². The zero-order valence-corrected chi connectivity index (χ0v) is 6.68. The first kappa shape index (κ1) is 7.10. The zero-order chi connectivity index (χ0) is 7.68. The van der Waals surface area contributed by atoms with Crippen LogP contribution in [0.4, 0.5) is 0 Å². The molecule has 1 aliphatic heterocycles. The fourth-order valence-electron chi connectivity index (χ4n) is 1.59. The van der Waals surface area contributed by atoms with Crippen LogP contribution >= 0.6 is 0 Å². The average Bonchev–Trinajstić information content (AvgIpc) is 2.73. The van der Waals surface area contributed by atoms with Gasteiger partial charge in [0.05, 0.1) is 0 Å². The van der Waals surface area contributed by atoms with Crippen molar-refractivity contribution in [2.45, 2.75) is 25.3 Å². The van der Waals surface area contributed by atoms with Gasteiger partial charge in [-0.15, -0.1) is 0 Å². The Bertz CT molecular complexity index is 165. The maximum Gasteiger partial charge on any atom is 0.221 e. The second kappa shape index (κ2) is 2.81. The molecular formula is C8H14N2O. The van der Waals surface area contributed by atoms with Crippen molar-refractivity contribution >= 4 is 5.91 Å². The number of carbonyl (C=O) groups excluding carboxylic acids is 1. The monoisotopic (exact) mass is 154 g/mol. The molecule has 0 radical (unpaired) electrons. The van der Waals surface area contributed by atoms with Crippen molar-refractivity contribution < 1.29 is 4.79 Å². The Kier molecular flexibility index (Phi) is 1.82. The highest BCUT2D eigenvalue weighted by atomic mass is 16.1. The molecule has 11 heavy (non-hydrogen) atoms. The molecule has 0 aromatic rings. The Morgan fingerprint density at radius 1 is 1.36 bits per heavy atom. The summed E-state index contributed by atoms with van der Waals surface area (Å²) in [6, 6.07) is 0.808. The van der Waals surface area contributed by atoms with Crippen molar-refractivity contribution in [3.63, 3.8) is 0 Å². The van der Waals surface area contributed by atoms with Gasteiger partial charge in [0.15, 0.2) is 0 Å². The number of carbonyl (C=O) groups is 1. The van der Waals surface area contributed by atoms with Gasteiger partial charge in [-0.05, 0) is 12.8 Å². The molecule has 1 heterocycles. The highest BCUT2D eigenvalue weighted by Gasteiger charge is 2.29. The molecule has 1 amide bonds. The second-order valence-electron chi connectivity index (χ2n) is 3.37. The minimum absolute atomic E-state index is 0.216. The molecule has 62 valence electrons. The van der Waals surface area contributed by atoms with Crippen LogP contribution in [0.3, 0.4) is 0 Å². The molecule has 1 saturated heterocycles. The van der Waals surface area contributed by atoms with Crippen LogP contribution in [0, 0.1) is 0 Å². The molecule has 1 aliphatic carbocycles. The predicted molar refractivity (Wildman–Crippen MR) is 42.2 cm³/mol. The van der Waals surface area contributed by atoms with Crippen molar-refractivity contribution in [1.82, 2.24) is 10.2 Å². The topological polar surface area (TPSA) is 32.3 Å². The molecule has 0 bridgehead atoms. The minimum atomic E-state index is 0.216.